The molecule has 1 saturated carbocycles. The molecule has 0 bridgehead atoms. The Balaban J connectivity index is 1.91. The molecule has 0 aromatic rings. The summed E-state index contributed by atoms with van der Waals surface area (Å²) in [6.45, 7) is 0. The van der Waals surface area contributed by atoms with Gasteiger partial charge in [0.15, 0.2) is 0 Å². The lowest BCUT2D eigenvalue weighted by Crippen LogP contribution is -2.10. The highest BCUT2D eigenvalue weighted by molar-refractivity contribution is 5.04. The molecule has 2 aliphatic rings. The minimum atomic E-state index is 0.493. The van der Waals surface area contributed by atoms with Crippen LogP contribution in [0.2, 0.25) is 0 Å². The molecule has 3 atom stereocenters. The first kappa shape index (κ1) is 7.35. The molecule has 0 spiro atoms. The largest absolute Gasteiger partial charge is 0.381 e. The molecule has 0 amide bonds. The van der Waals surface area contributed by atoms with Gasteiger partial charge < -0.3 is 4.74 Å². The third-order valence-electron chi connectivity index (χ3n) is 2.95. The molecule has 2 aliphatic carbocycles. The lowest BCUT2D eigenvalue weighted by Gasteiger charge is -2.14. The molecule has 62 valence electrons. The van der Waals surface area contributed by atoms with Crippen LogP contribution in [0.4, 0.5) is 0 Å². The van der Waals surface area contributed by atoms with Crippen molar-refractivity contribution < 1.29 is 4.74 Å². The van der Waals surface area contributed by atoms with Gasteiger partial charge in [-0.25, -0.2) is 0 Å². The zero-order valence-electron chi connectivity index (χ0n) is 7.12. The smallest absolute Gasteiger partial charge is 0.0605 e. The summed E-state index contributed by atoms with van der Waals surface area (Å²) in [7, 11) is 1.82. The van der Waals surface area contributed by atoms with Gasteiger partial charge in [-0.3, -0.25) is 0 Å². The topological polar surface area (TPSA) is 9.23 Å². The molecule has 0 radical (unpaired) electrons. The molecule has 2 rings (SSSR count). The predicted octanol–water partition coefficient (Wildman–Crippen LogP) is 2.38. The van der Waals surface area contributed by atoms with E-state index in [9.17, 15) is 0 Å². The van der Waals surface area contributed by atoms with Crippen molar-refractivity contribution in [3.63, 3.8) is 0 Å². The van der Waals surface area contributed by atoms with Crippen molar-refractivity contribution in [3.05, 3.63) is 12.2 Å². The zero-order valence-corrected chi connectivity index (χ0v) is 7.12. The molecule has 1 fully saturated rings. The van der Waals surface area contributed by atoms with Crippen LogP contribution >= 0.6 is 0 Å². The highest BCUT2D eigenvalue weighted by Gasteiger charge is 2.35. The van der Waals surface area contributed by atoms with Crippen LogP contribution in [0.25, 0.3) is 0 Å². The Kier molecular flexibility index (Phi) is 1.99. The molecule has 0 aliphatic heterocycles. The second-order valence-corrected chi connectivity index (χ2v) is 3.76. The van der Waals surface area contributed by atoms with Gasteiger partial charge in [0.1, 0.15) is 0 Å². The van der Waals surface area contributed by atoms with E-state index >= 15 is 0 Å². The Morgan fingerprint density at radius 2 is 2.27 bits per heavy atom. The second kappa shape index (κ2) is 2.98. The maximum Gasteiger partial charge on any atom is 0.0605 e. The van der Waals surface area contributed by atoms with E-state index in [1.807, 2.05) is 7.11 Å². The Morgan fingerprint density at radius 1 is 1.36 bits per heavy atom. The molecule has 1 nitrogen and oxygen atoms in total. The SMILES string of the molecule is COC1CC=CC2CC2CC1. The standard InChI is InChI=1S/C10H16O/c1-11-10-4-2-3-8-7-9(8)5-6-10/h2-3,8-10H,4-7H2,1H3. The van der Waals surface area contributed by atoms with Crippen LogP contribution in [0.1, 0.15) is 25.7 Å². The lowest BCUT2D eigenvalue weighted by molar-refractivity contribution is 0.0934. The maximum absolute atomic E-state index is 5.34. The van der Waals surface area contributed by atoms with Crippen LogP contribution in [-0.2, 0) is 4.74 Å². The third-order valence-corrected chi connectivity index (χ3v) is 2.95. The van der Waals surface area contributed by atoms with E-state index in [1.165, 1.54) is 19.3 Å². The Bertz CT molecular complexity index is 162. The van der Waals surface area contributed by atoms with Crippen molar-refractivity contribution in [1.82, 2.24) is 0 Å². The minimum Gasteiger partial charge on any atom is -0.381 e. The quantitative estimate of drug-likeness (QED) is 0.524. The van der Waals surface area contributed by atoms with Crippen LogP contribution in [0.15, 0.2) is 12.2 Å². The average molecular weight is 152 g/mol. The van der Waals surface area contributed by atoms with E-state index in [4.69, 9.17) is 4.74 Å². The van der Waals surface area contributed by atoms with Crippen molar-refractivity contribution in [1.29, 1.82) is 0 Å². The van der Waals surface area contributed by atoms with Gasteiger partial charge in [-0.1, -0.05) is 12.2 Å². The Hall–Kier alpha value is -0.300. The van der Waals surface area contributed by atoms with Crippen molar-refractivity contribution in [2.75, 3.05) is 7.11 Å². The highest BCUT2D eigenvalue weighted by atomic mass is 16.5. The zero-order chi connectivity index (χ0) is 7.68. The predicted molar refractivity (Wildman–Crippen MR) is 45.4 cm³/mol. The first-order valence-electron chi connectivity index (χ1n) is 4.59. The van der Waals surface area contributed by atoms with E-state index in [0.29, 0.717) is 6.10 Å². The van der Waals surface area contributed by atoms with Crippen molar-refractivity contribution in [2.45, 2.75) is 31.8 Å². The lowest BCUT2D eigenvalue weighted by atomic mass is 10.0. The number of fused-ring (bicyclic) bond motifs is 1. The van der Waals surface area contributed by atoms with Gasteiger partial charge in [-0.05, 0) is 37.5 Å². The minimum absolute atomic E-state index is 0.493. The van der Waals surface area contributed by atoms with E-state index in [0.717, 1.165) is 18.3 Å². The van der Waals surface area contributed by atoms with Crippen molar-refractivity contribution in [2.24, 2.45) is 11.8 Å². The number of ether oxygens (including phenoxy) is 1. The molecule has 1 heteroatoms. The van der Waals surface area contributed by atoms with E-state index in [1.54, 1.807) is 0 Å². The summed E-state index contributed by atoms with van der Waals surface area (Å²) in [6.07, 6.45) is 10.4. The average Bonchev–Trinajstić information content (AvgIpc) is 2.68. The highest BCUT2D eigenvalue weighted by Crippen LogP contribution is 2.44. The van der Waals surface area contributed by atoms with E-state index in [-0.39, 0.29) is 0 Å². The first-order chi connectivity index (χ1) is 5.40. The molecular formula is C10H16O. The van der Waals surface area contributed by atoms with Gasteiger partial charge in [0.25, 0.3) is 0 Å². The van der Waals surface area contributed by atoms with Crippen molar-refractivity contribution in [3.8, 4) is 0 Å². The second-order valence-electron chi connectivity index (χ2n) is 3.76. The summed E-state index contributed by atoms with van der Waals surface area (Å²) in [5, 5.41) is 0. The molecular weight excluding hydrogens is 136 g/mol. The Morgan fingerprint density at radius 3 is 3.09 bits per heavy atom. The number of rotatable bonds is 1. The summed E-state index contributed by atoms with van der Waals surface area (Å²) in [6, 6.07) is 0. The van der Waals surface area contributed by atoms with E-state index in [2.05, 4.69) is 12.2 Å². The van der Waals surface area contributed by atoms with Gasteiger partial charge in [0, 0.05) is 7.11 Å². The molecule has 0 N–H and O–H groups in total. The fourth-order valence-corrected chi connectivity index (χ4v) is 1.98. The van der Waals surface area contributed by atoms with Gasteiger partial charge in [-0.15, -0.1) is 0 Å². The Labute approximate surface area is 68.4 Å². The molecule has 11 heavy (non-hydrogen) atoms. The number of hydrogen-bond acceptors (Lipinski definition) is 1. The normalized spacial score (nSPS) is 42.5. The van der Waals surface area contributed by atoms with Gasteiger partial charge >= 0.3 is 0 Å². The van der Waals surface area contributed by atoms with Crippen LogP contribution in [0.3, 0.4) is 0 Å². The van der Waals surface area contributed by atoms with Gasteiger partial charge in [0.2, 0.25) is 0 Å². The van der Waals surface area contributed by atoms with E-state index < -0.39 is 0 Å². The summed E-state index contributed by atoms with van der Waals surface area (Å²) in [5.41, 5.74) is 0. The van der Waals surface area contributed by atoms with Gasteiger partial charge in [-0.2, -0.15) is 0 Å². The summed E-state index contributed by atoms with van der Waals surface area (Å²) in [4.78, 5) is 0. The summed E-state index contributed by atoms with van der Waals surface area (Å²) in [5.74, 6) is 1.94. The number of hydrogen-bond donors (Lipinski definition) is 0. The van der Waals surface area contributed by atoms with Gasteiger partial charge in [0.05, 0.1) is 6.10 Å². The van der Waals surface area contributed by atoms with Crippen molar-refractivity contribution >= 4 is 0 Å². The molecule has 0 heterocycles. The third kappa shape index (κ3) is 1.64. The van der Waals surface area contributed by atoms with Crippen LogP contribution in [0.5, 0.6) is 0 Å². The molecule has 3 unspecified atom stereocenters. The fourth-order valence-electron chi connectivity index (χ4n) is 1.98. The summed E-state index contributed by atoms with van der Waals surface area (Å²) < 4.78 is 5.34. The monoisotopic (exact) mass is 152 g/mol. The fraction of sp³-hybridized carbons (Fsp3) is 0.800. The number of methoxy groups -OCH3 is 1. The van der Waals surface area contributed by atoms with Crippen LogP contribution in [-0.4, -0.2) is 13.2 Å². The molecule has 0 aromatic heterocycles. The van der Waals surface area contributed by atoms with Crippen LogP contribution < -0.4 is 0 Å². The van der Waals surface area contributed by atoms with Crippen LogP contribution in [0, 0.1) is 11.8 Å². The summed E-state index contributed by atoms with van der Waals surface area (Å²) >= 11 is 0. The molecule has 0 aromatic carbocycles. The first-order valence-corrected chi connectivity index (χ1v) is 4.59. The maximum atomic E-state index is 5.34. The number of allylic oxidation sites excluding steroid dienone is 1. The molecule has 0 saturated heterocycles.